The molecule has 1 aromatic rings. The predicted molar refractivity (Wildman–Crippen MR) is 52.9 cm³/mol. The van der Waals surface area contributed by atoms with Gasteiger partial charge in [-0.3, -0.25) is 4.79 Å². The van der Waals surface area contributed by atoms with Gasteiger partial charge in [0.2, 0.25) is 0 Å². The van der Waals surface area contributed by atoms with Crippen molar-refractivity contribution in [2.45, 2.75) is 25.7 Å². The van der Waals surface area contributed by atoms with Crippen LogP contribution in [0.4, 0.5) is 0 Å². The van der Waals surface area contributed by atoms with Crippen LogP contribution in [0.5, 0.6) is 0 Å². The van der Waals surface area contributed by atoms with Crippen molar-refractivity contribution < 1.29 is 4.79 Å². The van der Waals surface area contributed by atoms with Crippen molar-refractivity contribution in [3.05, 3.63) is 35.7 Å². The Labute approximate surface area is 82.9 Å². The van der Waals surface area contributed by atoms with Crippen LogP contribution in [0.2, 0.25) is 0 Å². The summed E-state index contributed by atoms with van der Waals surface area (Å²) in [5.74, 6) is 0.111. The first-order chi connectivity index (χ1) is 6.88. The summed E-state index contributed by atoms with van der Waals surface area (Å²) >= 11 is 0. The zero-order valence-corrected chi connectivity index (χ0v) is 7.94. The van der Waals surface area contributed by atoms with Crippen LogP contribution in [0.1, 0.15) is 36.0 Å². The van der Waals surface area contributed by atoms with Crippen LogP contribution in [0.3, 0.4) is 0 Å². The topological polar surface area (TPSA) is 42.9 Å². The third kappa shape index (κ3) is 1.87. The van der Waals surface area contributed by atoms with Gasteiger partial charge in [0.05, 0.1) is 12.4 Å². The van der Waals surface area contributed by atoms with E-state index < -0.39 is 0 Å². The molecule has 0 atom stereocenters. The number of Topliss-reactive ketones (excluding diaryl/α,β-unsaturated/α-hetero) is 1. The first-order valence-electron chi connectivity index (χ1n) is 4.88. The normalized spacial score (nSPS) is 16.1. The molecule has 0 aliphatic heterocycles. The van der Waals surface area contributed by atoms with E-state index in [1.165, 1.54) is 12.6 Å². The molecular formula is C11H12N2O. The van der Waals surface area contributed by atoms with Crippen molar-refractivity contribution >= 4 is 5.78 Å². The summed E-state index contributed by atoms with van der Waals surface area (Å²) in [5, 5.41) is 7.35. The molecule has 0 amide bonds. The molecule has 0 aromatic carbocycles. The summed E-state index contributed by atoms with van der Waals surface area (Å²) in [5.41, 5.74) is 1.58. The van der Waals surface area contributed by atoms with E-state index in [0.29, 0.717) is 5.56 Å². The summed E-state index contributed by atoms with van der Waals surface area (Å²) < 4.78 is 0. The second kappa shape index (κ2) is 4.13. The van der Waals surface area contributed by atoms with Crippen molar-refractivity contribution in [3.8, 4) is 0 Å². The lowest BCUT2D eigenvalue weighted by Gasteiger charge is -2.10. The number of allylic oxidation sites excluding steroid dienone is 2. The first-order valence-corrected chi connectivity index (χ1v) is 4.88. The van der Waals surface area contributed by atoms with E-state index in [2.05, 4.69) is 10.2 Å². The number of nitrogens with zero attached hydrogens (tertiary/aromatic N) is 2. The van der Waals surface area contributed by atoms with Crippen LogP contribution in [-0.4, -0.2) is 16.0 Å². The van der Waals surface area contributed by atoms with Gasteiger partial charge >= 0.3 is 0 Å². The average Bonchev–Trinajstić information content (AvgIpc) is 2.30. The van der Waals surface area contributed by atoms with E-state index in [4.69, 9.17) is 0 Å². The van der Waals surface area contributed by atoms with E-state index in [-0.39, 0.29) is 5.78 Å². The van der Waals surface area contributed by atoms with Crippen LogP contribution in [0, 0.1) is 0 Å². The van der Waals surface area contributed by atoms with Gasteiger partial charge in [0.25, 0.3) is 0 Å². The van der Waals surface area contributed by atoms with E-state index >= 15 is 0 Å². The molecule has 0 radical (unpaired) electrons. The fourth-order valence-electron chi connectivity index (χ4n) is 1.65. The summed E-state index contributed by atoms with van der Waals surface area (Å²) in [7, 11) is 0. The smallest absolute Gasteiger partial charge is 0.190 e. The molecule has 3 nitrogen and oxygen atoms in total. The van der Waals surface area contributed by atoms with Gasteiger partial charge in [-0.1, -0.05) is 6.08 Å². The Morgan fingerprint density at radius 1 is 1.29 bits per heavy atom. The maximum absolute atomic E-state index is 11.9. The Bertz CT molecular complexity index is 357. The molecular weight excluding hydrogens is 176 g/mol. The van der Waals surface area contributed by atoms with E-state index in [1.807, 2.05) is 6.08 Å². The standard InChI is InChI=1S/C11H12N2O/c14-11(9-4-2-1-3-5-9)10-6-7-12-13-8-10/h4,6-8H,1-3,5H2. The Morgan fingerprint density at radius 2 is 2.21 bits per heavy atom. The number of carbonyl (C=O) groups is 1. The van der Waals surface area contributed by atoms with Gasteiger partial charge in [0.1, 0.15) is 0 Å². The number of ketones is 1. The number of rotatable bonds is 2. The van der Waals surface area contributed by atoms with Crippen LogP contribution in [0.25, 0.3) is 0 Å². The van der Waals surface area contributed by atoms with Gasteiger partial charge in [0, 0.05) is 5.56 Å². The highest BCUT2D eigenvalue weighted by Gasteiger charge is 2.13. The number of hydrogen-bond acceptors (Lipinski definition) is 3. The van der Waals surface area contributed by atoms with Crippen LogP contribution >= 0.6 is 0 Å². The molecule has 0 N–H and O–H groups in total. The van der Waals surface area contributed by atoms with E-state index in [0.717, 1.165) is 24.8 Å². The fraction of sp³-hybridized carbons (Fsp3) is 0.364. The second-order valence-corrected chi connectivity index (χ2v) is 3.44. The Kier molecular flexibility index (Phi) is 2.68. The van der Waals surface area contributed by atoms with Crippen LogP contribution in [-0.2, 0) is 0 Å². The van der Waals surface area contributed by atoms with E-state index in [9.17, 15) is 4.79 Å². The Balaban J connectivity index is 2.20. The summed E-state index contributed by atoms with van der Waals surface area (Å²) in [4.78, 5) is 11.9. The highest BCUT2D eigenvalue weighted by atomic mass is 16.1. The largest absolute Gasteiger partial charge is 0.289 e. The van der Waals surface area contributed by atoms with Gasteiger partial charge in [0.15, 0.2) is 5.78 Å². The minimum Gasteiger partial charge on any atom is -0.289 e. The molecule has 1 aliphatic rings. The van der Waals surface area contributed by atoms with Gasteiger partial charge < -0.3 is 0 Å². The minimum absolute atomic E-state index is 0.111. The maximum atomic E-state index is 11.9. The summed E-state index contributed by atoms with van der Waals surface area (Å²) in [6.07, 6.45) is 9.38. The predicted octanol–water partition coefficient (Wildman–Crippen LogP) is 2.16. The molecule has 72 valence electrons. The van der Waals surface area contributed by atoms with Crippen LogP contribution < -0.4 is 0 Å². The minimum atomic E-state index is 0.111. The lowest BCUT2D eigenvalue weighted by Crippen LogP contribution is -2.06. The molecule has 2 rings (SSSR count). The molecule has 0 saturated carbocycles. The monoisotopic (exact) mass is 188 g/mol. The Morgan fingerprint density at radius 3 is 2.86 bits per heavy atom. The maximum Gasteiger partial charge on any atom is 0.190 e. The zero-order chi connectivity index (χ0) is 9.80. The van der Waals surface area contributed by atoms with E-state index in [1.54, 1.807) is 12.3 Å². The molecule has 1 aliphatic carbocycles. The molecule has 14 heavy (non-hydrogen) atoms. The fourth-order valence-corrected chi connectivity index (χ4v) is 1.65. The summed E-state index contributed by atoms with van der Waals surface area (Å²) in [6.45, 7) is 0. The first kappa shape index (κ1) is 9.06. The quantitative estimate of drug-likeness (QED) is 0.668. The lowest BCUT2D eigenvalue weighted by atomic mass is 9.94. The molecule has 0 unspecified atom stereocenters. The molecule has 0 bridgehead atoms. The molecule has 3 heteroatoms. The van der Waals surface area contributed by atoms with Crippen LogP contribution in [0.15, 0.2) is 30.1 Å². The number of carbonyl (C=O) groups excluding carboxylic acids is 1. The van der Waals surface area contributed by atoms with Crippen molar-refractivity contribution in [3.63, 3.8) is 0 Å². The second-order valence-electron chi connectivity index (χ2n) is 3.44. The van der Waals surface area contributed by atoms with Crippen molar-refractivity contribution in [1.82, 2.24) is 10.2 Å². The molecule has 0 spiro atoms. The summed E-state index contributed by atoms with van der Waals surface area (Å²) in [6, 6.07) is 1.71. The molecule has 1 aromatic heterocycles. The number of hydrogen-bond donors (Lipinski definition) is 0. The third-order valence-electron chi connectivity index (χ3n) is 2.43. The molecule has 0 saturated heterocycles. The lowest BCUT2D eigenvalue weighted by molar-refractivity contribution is 0.102. The molecule has 1 heterocycles. The highest BCUT2D eigenvalue weighted by Crippen LogP contribution is 2.20. The number of aromatic nitrogens is 2. The van der Waals surface area contributed by atoms with Gasteiger partial charge in [-0.15, -0.1) is 0 Å². The highest BCUT2D eigenvalue weighted by molar-refractivity contribution is 6.08. The SMILES string of the molecule is O=C(C1=CCCCC1)c1ccnnc1. The van der Waals surface area contributed by atoms with Crippen molar-refractivity contribution in [1.29, 1.82) is 0 Å². The van der Waals surface area contributed by atoms with Gasteiger partial charge in [-0.05, 0) is 37.3 Å². The third-order valence-corrected chi connectivity index (χ3v) is 2.43. The van der Waals surface area contributed by atoms with Gasteiger partial charge in [-0.25, -0.2) is 0 Å². The molecule has 0 fully saturated rings. The average molecular weight is 188 g/mol. The Hall–Kier alpha value is -1.51. The van der Waals surface area contributed by atoms with Crippen molar-refractivity contribution in [2.24, 2.45) is 0 Å². The van der Waals surface area contributed by atoms with Gasteiger partial charge in [-0.2, -0.15) is 10.2 Å². The van der Waals surface area contributed by atoms with Crippen molar-refractivity contribution in [2.75, 3.05) is 0 Å². The zero-order valence-electron chi connectivity index (χ0n) is 7.94.